The first-order valence-corrected chi connectivity index (χ1v) is 13.7. The molecule has 4 saturated carbocycles. The third kappa shape index (κ3) is 4.53. The van der Waals surface area contributed by atoms with Crippen LogP contribution in [0.1, 0.15) is 101 Å². The highest BCUT2D eigenvalue weighted by Crippen LogP contribution is 2.65. The number of nitrogens with one attached hydrogen (secondary N) is 1. The molecule has 1 aromatic rings. The van der Waals surface area contributed by atoms with Crippen molar-refractivity contribution < 1.29 is 20.2 Å². The summed E-state index contributed by atoms with van der Waals surface area (Å²) in [7, 11) is 0. The summed E-state index contributed by atoms with van der Waals surface area (Å²) in [6.45, 7) is 4.97. The van der Waals surface area contributed by atoms with Gasteiger partial charge in [-0.2, -0.15) is 0 Å². The molecule has 1 saturated heterocycles. The highest BCUT2D eigenvalue weighted by atomic mass is 19.1. The maximum Gasteiger partial charge on any atom is 0.254 e. The van der Waals surface area contributed by atoms with Gasteiger partial charge in [0.1, 0.15) is 5.82 Å². The summed E-state index contributed by atoms with van der Waals surface area (Å²) >= 11 is 0. The number of halogens is 1. The predicted molar refractivity (Wildman–Crippen MR) is 135 cm³/mol. The van der Waals surface area contributed by atoms with Crippen LogP contribution in [0.3, 0.4) is 0 Å². The number of piperidine rings is 1. The van der Waals surface area contributed by atoms with Gasteiger partial charge in [0.15, 0.2) is 5.78 Å². The molecule has 4 aliphatic carbocycles. The molecule has 192 valence electrons. The Morgan fingerprint density at radius 2 is 1.77 bits per heavy atom. The van der Waals surface area contributed by atoms with Crippen LogP contribution in [0.4, 0.5) is 4.39 Å². The van der Waals surface area contributed by atoms with Crippen molar-refractivity contribution in [3.63, 3.8) is 0 Å². The Labute approximate surface area is 209 Å². The maximum absolute atomic E-state index is 15.8. The third-order valence-electron chi connectivity index (χ3n) is 9.20. The maximum atomic E-state index is 15.8. The van der Waals surface area contributed by atoms with Gasteiger partial charge in [0, 0.05) is 26.4 Å². The van der Waals surface area contributed by atoms with Crippen LogP contribution in [-0.2, 0) is 9.59 Å². The number of Topliss-reactive ketones (excluding diaryl/α,β-unsaturated/α-hetero) is 1. The fourth-order valence-electron chi connectivity index (χ4n) is 7.00. The monoisotopic (exact) mass is 484 g/mol. The van der Waals surface area contributed by atoms with Crippen LogP contribution >= 0.6 is 0 Å². The summed E-state index contributed by atoms with van der Waals surface area (Å²) in [6.07, 6.45) is 9.83. The van der Waals surface area contributed by atoms with E-state index in [4.69, 9.17) is 0 Å². The van der Waals surface area contributed by atoms with Gasteiger partial charge in [-0.05, 0) is 68.4 Å². The van der Waals surface area contributed by atoms with Crippen molar-refractivity contribution in [1.82, 2.24) is 10.2 Å². The SMILES string of the molecule is CC(C)C(=O)[C@H](NC(=O)c1cccc(C2CCCN(C(=O)C34CC(C3)C4)C2)c1F)C1CCCCC1.[HH]. The Hall–Kier alpha value is -2.24. The van der Waals surface area contributed by atoms with Crippen LogP contribution in [-0.4, -0.2) is 41.6 Å². The van der Waals surface area contributed by atoms with Gasteiger partial charge >= 0.3 is 0 Å². The van der Waals surface area contributed by atoms with Crippen molar-refractivity contribution >= 4 is 17.6 Å². The van der Waals surface area contributed by atoms with E-state index in [9.17, 15) is 14.4 Å². The van der Waals surface area contributed by atoms with Gasteiger partial charge in [-0.25, -0.2) is 4.39 Å². The first-order chi connectivity index (χ1) is 16.8. The van der Waals surface area contributed by atoms with Crippen molar-refractivity contribution in [1.29, 1.82) is 0 Å². The van der Waals surface area contributed by atoms with E-state index in [1.54, 1.807) is 12.1 Å². The molecule has 2 bridgehead atoms. The van der Waals surface area contributed by atoms with Crippen molar-refractivity contribution in [2.24, 2.45) is 23.2 Å². The lowest BCUT2D eigenvalue weighted by molar-refractivity contribution is -0.178. The summed E-state index contributed by atoms with van der Waals surface area (Å²) in [6, 6.07) is 4.43. The van der Waals surface area contributed by atoms with E-state index in [1.165, 1.54) is 6.07 Å². The highest BCUT2D eigenvalue weighted by Gasteiger charge is 2.62. The van der Waals surface area contributed by atoms with Crippen LogP contribution in [0.2, 0.25) is 0 Å². The minimum Gasteiger partial charge on any atom is -0.342 e. The molecule has 2 amide bonds. The fourth-order valence-corrected chi connectivity index (χ4v) is 7.00. The van der Waals surface area contributed by atoms with Gasteiger partial charge < -0.3 is 10.2 Å². The molecule has 1 N–H and O–H groups in total. The standard InChI is InChI=1S/C29H39FN2O3.H2/c1-18(2)26(33)25(20-8-4-3-5-9-20)31-27(34)23-12-6-11-22(24(23)30)21-10-7-13-32(17-21)28(35)29-14-19(15-29)16-29;/h6,11-12,18-21,25H,3-5,7-10,13-17H2,1-2H3,(H,31,34);1H/t19?,21?,25-,29?;/m1./s1. The molecule has 0 aromatic heterocycles. The first-order valence-electron chi connectivity index (χ1n) is 13.7. The number of benzene rings is 1. The van der Waals surface area contributed by atoms with E-state index in [0.717, 1.165) is 76.7 Å². The number of nitrogens with zero attached hydrogens (tertiary/aromatic N) is 1. The fraction of sp³-hybridized carbons (Fsp3) is 0.690. The van der Waals surface area contributed by atoms with E-state index in [2.05, 4.69) is 5.32 Å². The molecule has 35 heavy (non-hydrogen) atoms. The van der Waals surface area contributed by atoms with E-state index in [-0.39, 0.29) is 41.8 Å². The molecule has 0 radical (unpaired) electrons. The molecular formula is C29H41FN2O3. The van der Waals surface area contributed by atoms with Crippen molar-refractivity contribution in [2.75, 3.05) is 13.1 Å². The van der Waals surface area contributed by atoms with Gasteiger partial charge in [-0.15, -0.1) is 0 Å². The highest BCUT2D eigenvalue weighted by molar-refractivity contribution is 5.98. The second-order valence-electron chi connectivity index (χ2n) is 12.0. The van der Waals surface area contributed by atoms with Crippen LogP contribution in [0.25, 0.3) is 0 Å². The van der Waals surface area contributed by atoms with Crippen LogP contribution < -0.4 is 5.32 Å². The molecule has 5 aliphatic rings. The molecule has 1 heterocycles. The molecule has 1 unspecified atom stereocenters. The summed E-state index contributed by atoms with van der Waals surface area (Å²) in [5.74, 6) is -0.181. The Morgan fingerprint density at radius 1 is 1.06 bits per heavy atom. The molecule has 6 heteroatoms. The Morgan fingerprint density at radius 3 is 2.40 bits per heavy atom. The number of carbonyl (C=O) groups is 3. The second kappa shape index (κ2) is 9.67. The summed E-state index contributed by atoms with van der Waals surface area (Å²) in [5.41, 5.74) is 0.393. The number of hydrogen-bond donors (Lipinski definition) is 1. The van der Waals surface area contributed by atoms with Crippen LogP contribution in [0.15, 0.2) is 18.2 Å². The van der Waals surface area contributed by atoms with Gasteiger partial charge in [0.25, 0.3) is 5.91 Å². The molecule has 5 fully saturated rings. The van der Waals surface area contributed by atoms with Gasteiger partial charge in [-0.1, -0.05) is 45.2 Å². The summed E-state index contributed by atoms with van der Waals surface area (Å²) in [4.78, 5) is 41.3. The average molecular weight is 485 g/mol. The minimum atomic E-state index is -0.568. The molecule has 0 spiro atoms. The normalized spacial score (nSPS) is 29.2. The molecule has 5 nitrogen and oxygen atoms in total. The van der Waals surface area contributed by atoms with E-state index >= 15 is 4.39 Å². The van der Waals surface area contributed by atoms with Crippen molar-refractivity contribution in [2.45, 2.75) is 90.0 Å². The van der Waals surface area contributed by atoms with Crippen molar-refractivity contribution in [3.05, 3.63) is 35.1 Å². The lowest BCUT2D eigenvalue weighted by atomic mass is 9.44. The Bertz CT molecular complexity index is 989. The zero-order valence-corrected chi connectivity index (χ0v) is 21.2. The molecular weight excluding hydrogens is 443 g/mol. The van der Waals surface area contributed by atoms with Gasteiger partial charge in [0.2, 0.25) is 5.91 Å². The van der Waals surface area contributed by atoms with Crippen molar-refractivity contribution in [3.8, 4) is 0 Å². The molecule has 2 atom stereocenters. The molecule has 1 aromatic carbocycles. The van der Waals surface area contributed by atoms with Gasteiger partial charge in [0.05, 0.1) is 17.0 Å². The Kier molecular flexibility index (Phi) is 6.75. The number of likely N-dealkylation sites (tertiary alicyclic amines) is 1. The number of rotatable bonds is 7. The summed E-state index contributed by atoms with van der Waals surface area (Å²) in [5, 5.41) is 2.93. The lowest BCUT2D eigenvalue weighted by Crippen LogP contribution is -2.62. The number of carbonyl (C=O) groups excluding carboxylic acids is 3. The lowest BCUT2D eigenvalue weighted by Gasteiger charge is -2.61. The summed E-state index contributed by atoms with van der Waals surface area (Å²) < 4.78 is 15.8. The van der Waals surface area contributed by atoms with Gasteiger partial charge in [-0.3, -0.25) is 14.4 Å². The predicted octanol–water partition coefficient (Wildman–Crippen LogP) is 5.48. The minimum absolute atomic E-state index is 0. The van der Waals surface area contributed by atoms with Crippen LogP contribution in [0, 0.1) is 29.0 Å². The number of ketones is 1. The van der Waals surface area contributed by atoms with Crippen LogP contribution in [0.5, 0.6) is 0 Å². The Balaban J connectivity index is 0.00000304. The number of hydrogen-bond acceptors (Lipinski definition) is 3. The smallest absolute Gasteiger partial charge is 0.254 e. The zero-order chi connectivity index (χ0) is 24.7. The zero-order valence-electron chi connectivity index (χ0n) is 21.2. The average Bonchev–Trinajstić information content (AvgIpc) is 2.80. The largest absolute Gasteiger partial charge is 0.342 e. The number of amides is 2. The third-order valence-corrected chi connectivity index (χ3v) is 9.20. The first kappa shape index (κ1) is 24.5. The molecule has 6 rings (SSSR count). The van der Waals surface area contributed by atoms with E-state index in [0.29, 0.717) is 12.1 Å². The topological polar surface area (TPSA) is 66.5 Å². The van der Waals surface area contributed by atoms with E-state index in [1.807, 2.05) is 18.7 Å². The van der Waals surface area contributed by atoms with E-state index < -0.39 is 17.8 Å². The quantitative estimate of drug-likeness (QED) is 0.557. The second-order valence-corrected chi connectivity index (χ2v) is 12.0. The molecule has 1 aliphatic heterocycles.